The van der Waals surface area contributed by atoms with Gasteiger partial charge in [0.25, 0.3) is 0 Å². The summed E-state index contributed by atoms with van der Waals surface area (Å²) in [4.78, 5) is 9.51. The fourth-order valence-corrected chi connectivity index (χ4v) is 3.01. The van der Waals surface area contributed by atoms with Gasteiger partial charge in [-0.05, 0) is 31.5 Å². The topological polar surface area (TPSA) is 45.4 Å². The number of nitrogens with two attached hydrogens (primary N) is 1. The molecule has 0 bridgehead atoms. The van der Waals surface area contributed by atoms with Crippen molar-refractivity contribution in [2.75, 3.05) is 31.9 Å². The summed E-state index contributed by atoms with van der Waals surface area (Å²) in [6.07, 6.45) is 2.73. The molecule has 4 heteroatoms. The molecule has 1 aromatic rings. The summed E-state index contributed by atoms with van der Waals surface area (Å²) in [6, 6.07) is 6.68. The summed E-state index contributed by atoms with van der Waals surface area (Å²) in [5, 5.41) is 0. The van der Waals surface area contributed by atoms with E-state index in [9.17, 15) is 0 Å². The minimum absolute atomic E-state index is 0.627. The van der Waals surface area contributed by atoms with Crippen LogP contribution in [0.5, 0.6) is 0 Å². The van der Waals surface area contributed by atoms with Gasteiger partial charge in [0.1, 0.15) is 5.82 Å². The summed E-state index contributed by atoms with van der Waals surface area (Å²) in [7, 11) is 0. The molecule has 2 aliphatic heterocycles. The molecule has 0 aromatic carbocycles. The van der Waals surface area contributed by atoms with Gasteiger partial charge in [0.2, 0.25) is 0 Å². The number of anilines is 1. The van der Waals surface area contributed by atoms with E-state index in [1.165, 1.54) is 32.5 Å². The van der Waals surface area contributed by atoms with E-state index in [-0.39, 0.29) is 0 Å². The third-order valence-electron chi connectivity index (χ3n) is 3.89. The average molecular weight is 232 g/mol. The number of fused-ring (bicyclic) bond motifs is 1. The van der Waals surface area contributed by atoms with Crippen LogP contribution in [-0.2, 0) is 6.54 Å². The Hall–Kier alpha value is -1.13. The molecule has 0 saturated carbocycles. The second-order valence-corrected chi connectivity index (χ2v) is 5.12. The van der Waals surface area contributed by atoms with Gasteiger partial charge in [-0.3, -0.25) is 9.80 Å². The van der Waals surface area contributed by atoms with Crippen LogP contribution in [-0.4, -0.2) is 47.0 Å². The lowest BCUT2D eigenvalue weighted by Crippen LogP contribution is -2.49. The molecule has 4 nitrogen and oxygen atoms in total. The third kappa shape index (κ3) is 2.42. The second kappa shape index (κ2) is 4.63. The first-order chi connectivity index (χ1) is 8.31. The highest BCUT2D eigenvalue weighted by Gasteiger charge is 2.30. The highest BCUT2D eigenvalue weighted by molar-refractivity contribution is 5.28. The molecule has 2 aliphatic rings. The van der Waals surface area contributed by atoms with Gasteiger partial charge in [-0.2, -0.15) is 0 Å². The van der Waals surface area contributed by atoms with E-state index in [4.69, 9.17) is 5.73 Å². The molecule has 0 aliphatic carbocycles. The van der Waals surface area contributed by atoms with Crippen molar-refractivity contribution in [1.82, 2.24) is 14.8 Å². The first kappa shape index (κ1) is 11.0. The van der Waals surface area contributed by atoms with Crippen molar-refractivity contribution in [2.24, 2.45) is 0 Å². The fraction of sp³-hybridized carbons (Fsp3) is 0.615. The zero-order valence-electron chi connectivity index (χ0n) is 10.2. The molecule has 0 spiro atoms. The molecule has 1 unspecified atom stereocenters. The van der Waals surface area contributed by atoms with E-state index in [0.717, 1.165) is 24.8 Å². The summed E-state index contributed by atoms with van der Waals surface area (Å²) in [5.41, 5.74) is 6.81. The smallest absolute Gasteiger partial charge is 0.123 e. The molecular formula is C13H20N4. The van der Waals surface area contributed by atoms with Crippen molar-refractivity contribution < 1.29 is 0 Å². The summed E-state index contributed by atoms with van der Waals surface area (Å²) < 4.78 is 0. The number of aromatic nitrogens is 1. The predicted molar refractivity (Wildman–Crippen MR) is 68.5 cm³/mol. The maximum absolute atomic E-state index is 5.71. The molecule has 17 heavy (non-hydrogen) atoms. The Morgan fingerprint density at radius 2 is 2.24 bits per heavy atom. The van der Waals surface area contributed by atoms with Gasteiger partial charge in [0.15, 0.2) is 0 Å². The van der Waals surface area contributed by atoms with Gasteiger partial charge in [-0.15, -0.1) is 0 Å². The number of nitrogen functional groups attached to an aromatic ring is 1. The van der Waals surface area contributed by atoms with E-state index in [1.807, 2.05) is 12.1 Å². The maximum Gasteiger partial charge on any atom is 0.123 e. The van der Waals surface area contributed by atoms with Crippen molar-refractivity contribution in [2.45, 2.75) is 25.4 Å². The lowest BCUT2D eigenvalue weighted by Gasteiger charge is -2.37. The Labute approximate surface area is 102 Å². The highest BCUT2D eigenvalue weighted by atomic mass is 15.3. The third-order valence-corrected chi connectivity index (χ3v) is 3.89. The number of nitrogens with zero attached hydrogens (tertiary/aromatic N) is 3. The van der Waals surface area contributed by atoms with Crippen molar-refractivity contribution in [3.63, 3.8) is 0 Å². The number of piperazine rings is 1. The Bertz CT molecular complexity index is 393. The van der Waals surface area contributed by atoms with Crippen LogP contribution < -0.4 is 5.73 Å². The minimum Gasteiger partial charge on any atom is -0.384 e. The fourth-order valence-electron chi connectivity index (χ4n) is 3.01. The molecule has 2 fully saturated rings. The normalized spacial score (nSPS) is 26.0. The van der Waals surface area contributed by atoms with Crippen LogP contribution in [0.1, 0.15) is 18.5 Å². The van der Waals surface area contributed by atoms with Crippen LogP contribution in [0.15, 0.2) is 18.2 Å². The number of hydrogen-bond acceptors (Lipinski definition) is 4. The molecule has 0 amide bonds. The minimum atomic E-state index is 0.627. The molecule has 2 N–H and O–H groups in total. The van der Waals surface area contributed by atoms with E-state index in [0.29, 0.717) is 5.82 Å². The SMILES string of the molecule is Nc1cccc(CN2CCN3CCCC3C2)n1. The largest absolute Gasteiger partial charge is 0.384 e. The molecule has 0 radical (unpaired) electrons. The maximum atomic E-state index is 5.71. The predicted octanol–water partition coefficient (Wildman–Crippen LogP) is 0.944. The Morgan fingerprint density at radius 3 is 3.12 bits per heavy atom. The van der Waals surface area contributed by atoms with Crippen LogP contribution in [0.4, 0.5) is 5.82 Å². The summed E-state index contributed by atoms with van der Waals surface area (Å²) >= 11 is 0. The average Bonchev–Trinajstić information content (AvgIpc) is 2.76. The van der Waals surface area contributed by atoms with Gasteiger partial charge in [0.05, 0.1) is 5.69 Å². The molecule has 92 valence electrons. The Balaban J connectivity index is 1.62. The zero-order chi connectivity index (χ0) is 11.7. The quantitative estimate of drug-likeness (QED) is 0.824. The Morgan fingerprint density at radius 1 is 1.29 bits per heavy atom. The van der Waals surface area contributed by atoms with Crippen LogP contribution >= 0.6 is 0 Å². The van der Waals surface area contributed by atoms with E-state index >= 15 is 0 Å². The van der Waals surface area contributed by atoms with E-state index in [1.54, 1.807) is 0 Å². The summed E-state index contributed by atoms with van der Waals surface area (Å²) in [6.45, 7) is 5.81. The highest BCUT2D eigenvalue weighted by Crippen LogP contribution is 2.22. The van der Waals surface area contributed by atoms with Gasteiger partial charge in [0, 0.05) is 32.2 Å². The van der Waals surface area contributed by atoms with E-state index in [2.05, 4.69) is 20.9 Å². The van der Waals surface area contributed by atoms with Crippen molar-refractivity contribution >= 4 is 5.82 Å². The second-order valence-electron chi connectivity index (χ2n) is 5.12. The lowest BCUT2D eigenvalue weighted by molar-refractivity contribution is 0.0985. The molecule has 2 saturated heterocycles. The number of hydrogen-bond donors (Lipinski definition) is 1. The van der Waals surface area contributed by atoms with Gasteiger partial charge < -0.3 is 5.73 Å². The van der Waals surface area contributed by atoms with Gasteiger partial charge in [-0.1, -0.05) is 6.07 Å². The number of rotatable bonds is 2. The number of pyridine rings is 1. The lowest BCUT2D eigenvalue weighted by atomic mass is 10.1. The zero-order valence-corrected chi connectivity index (χ0v) is 10.2. The van der Waals surface area contributed by atoms with Crippen LogP contribution in [0.3, 0.4) is 0 Å². The molecule has 1 atom stereocenters. The van der Waals surface area contributed by atoms with Crippen LogP contribution in [0.2, 0.25) is 0 Å². The molecular weight excluding hydrogens is 212 g/mol. The van der Waals surface area contributed by atoms with Crippen molar-refractivity contribution in [1.29, 1.82) is 0 Å². The van der Waals surface area contributed by atoms with Crippen LogP contribution in [0.25, 0.3) is 0 Å². The first-order valence-electron chi connectivity index (χ1n) is 6.49. The Kier molecular flexibility index (Phi) is 2.99. The monoisotopic (exact) mass is 232 g/mol. The standard InChI is InChI=1S/C13H20N4/c14-13-5-1-3-11(15-13)9-16-7-8-17-6-2-4-12(17)10-16/h1,3,5,12H,2,4,6-10H2,(H2,14,15). The molecule has 3 rings (SSSR count). The van der Waals surface area contributed by atoms with E-state index < -0.39 is 0 Å². The molecule has 3 heterocycles. The molecule has 1 aromatic heterocycles. The van der Waals surface area contributed by atoms with Crippen molar-refractivity contribution in [3.05, 3.63) is 23.9 Å². The summed E-state index contributed by atoms with van der Waals surface area (Å²) in [5.74, 6) is 0.627. The van der Waals surface area contributed by atoms with Gasteiger partial charge in [-0.25, -0.2) is 4.98 Å². The van der Waals surface area contributed by atoms with Crippen molar-refractivity contribution in [3.8, 4) is 0 Å². The van der Waals surface area contributed by atoms with Crippen LogP contribution in [0, 0.1) is 0 Å². The van der Waals surface area contributed by atoms with Gasteiger partial charge >= 0.3 is 0 Å². The first-order valence-corrected chi connectivity index (χ1v) is 6.49.